The molecular weight excluding hydrogens is 271 g/mol. The van der Waals surface area contributed by atoms with Crippen LogP contribution in [0.4, 0.5) is 10.1 Å². The minimum absolute atomic E-state index is 0.0398. The number of hydrogen-bond donors (Lipinski definition) is 2. The summed E-state index contributed by atoms with van der Waals surface area (Å²) >= 11 is 0. The maximum Gasteiger partial charge on any atom is 0.343 e. The molecule has 0 atom stereocenters. The van der Waals surface area contributed by atoms with Gasteiger partial charge in [0.15, 0.2) is 0 Å². The van der Waals surface area contributed by atoms with E-state index >= 15 is 0 Å². The van der Waals surface area contributed by atoms with Gasteiger partial charge in [0, 0.05) is 17.8 Å². The van der Waals surface area contributed by atoms with Gasteiger partial charge in [0.2, 0.25) is 5.82 Å². The SMILES string of the molecule is CCOC(=O)C(C=N)=C(O)c1ccc([N+](=O)[O-])c(F)c1. The highest BCUT2D eigenvalue weighted by molar-refractivity contribution is 6.14. The summed E-state index contributed by atoms with van der Waals surface area (Å²) in [7, 11) is 0. The van der Waals surface area contributed by atoms with E-state index in [1.54, 1.807) is 6.92 Å². The second-order valence-electron chi connectivity index (χ2n) is 3.55. The summed E-state index contributed by atoms with van der Waals surface area (Å²) in [6.07, 6.45) is 0.562. The third-order valence-corrected chi connectivity index (χ3v) is 2.31. The van der Waals surface area contributed by atoms with Crippen molar-refractivity contribution in [2.45, 2.75) is 6.92 Å². The number of aliphatic hydroxyl groups is 1. The molecule has 1 aromatic rings. The summed E-state index contributed by atoms with van der Waals surface area (Å²) in [6, 6.07) is 2.63. The van der Waals surface area contributed by atoms with E-state index in [2.05, 4.69) is 4.74 Å². The monoisotopic (exact) mass is 282 g/mol. The molecule has 7 nitrogen and oxygen atoms in total. The minimum atomic E-state index is -1.16. The van der Waals surface area contributed by atoms with Crippen LogP contribution in [-0.4, -0.2) is 28.8 Å². The molecule has 106 valence electrons. The van der Waals surface area contributed by atoms with E-state index < -0.39 is 33.7 Å². The van der Waals surface area contributed by atoms with Gasteiger partial charge in [-0.2, -0.15) is 4.39 Å². The maximum absolute atomic E-state index is 13.4. The molecule has 0 unspecified atom stereocenters. The number of ether oxygens (including phenoxy) is 1. The highest BCUT2D eigenvalue weighted by Crippen LogP contribution is 2.23. The van der Waals surface area contributed by atoms with Crippen molar-refractivity contribution < 1.29 is 24.0 Å². The number of nitrogens with one attached hydrogen (secondary N) is 1. The van der Waals surface area contributed by atoms with Crippen LogP contribution in [0.25, 0.3) is 5.76 Å². The number of halogens is 1. The van der Waals surface area contributed by atoms with E-state index in [1.165, 1.54) is 0 Å². The van der Waals surface area contributed by atoms with Crippen LogP contribution in [-0.2, 0) is 9.53 Å². The molecule has 0 radical (unpaired) electrons. The second-order valence-corrected chi connectivity index (χ2v) is 3.55. The standard InChI is InChI=1S/C12H11FN2O5/c1-2-20-12(17)8(6-14)11(16)7-3-4-10(15(18)19)9(13)5-7/h3-6,14,16H,2H2,1H3. The summed E-state index contributed by atoms with van der Waals surface area (Å²) in [5, 5.41) is 27.4. The van der Waals surface area contributed by atoms with Crippen molar-refractivity contribution >= 4 is 23.6 Å². The van der Waals surface area contributed by atoms with Gasteiger partial charge in [-0.15, -0.1) is 0 Å². The van der Waals surface area contributed by atoms with Crippen molar-refractivity contribution in [1.29, 1.82) is 5.41 Å². The average molecular weight is 282 g/mol. The third-order valence-electron chi connectivity index (χ3n) is 2.31. The Morgan fingerprint density at radius 2 is 2.25 bits per heavy atom. The maximum atomic E-state index is 13.4. The van der Waals surface area contributed by atoms with Crippen molar-refractivity contribution in [3.05, 3.63) is 45.3 Å². The number of nitrogens with zero attached hydrogens (tertiary/aromatic N) is 1. The zero-order chi connectivity index (χ0) is 15.3. The first kappa shape index (κ1) is 15.3. The number of hydrogen-bond acceptors (Lipinski definition) is 6. The number of nitro benzene ring substituents is 1. The van der Waals surface area contributed by atoms with Crippen molar-refractivity contribution in [2.75, 3.05) is 6.61 Å². The normalized spacial score (nSPS) is 11.5. The minimum Gasteiger partial charge on any atom is -0.506 e. The predicted octanol–water partition coefficient (Wildman–Crippen LogP) is 2.22. The Morgan fingerprint density at radius 1 is 1.60 bits per heavy atom. The Hall–Kier alpha value is -2.77. The van der Waals surface area contributed by atoms with Crippen LogP contribution in [0.1, 0.15) is 12.5 Å². The van der Waals surface area contributed by atoms with E-state index in [1.807, 2.05) is 0 Å². The summed E-state index contributed by atoms with van der Waals surface area (Å²) in [5.74, 6) is -2.79. The van der Waals surface area contributed by atoms with Crippen LogP contribution >= 0.6 is 0 Å². The molecule has 0 spiro atoms. The number of nitro groups is 1. The van der Waals surface area contributed by atoms with Crippen LogP contribution in [0.2, 0.25) is 0 Å². The van der Waals surface area contributed by atoms with E-state index in [4.69, 9.17) is 5.41 Å². The summed E-state index contributed by atoms with van der Waals surface area (Å²) in [6.45, 7) is 1.58. The van der Waals surface area contributed by atoms with Gasteiger partial charge in [-0.3, -0.25) is 10.1 Å². The van der Waals surface area contributed by atoms with Gasteiger partial charge in [-0.25, -0.2) is 4.79 Å². The zero-order valence-electron chi connectivity index (χ0n) is 10.4. The molecule has 0 aromatic heterocycles. The quantitative estimate of drug-likeness (QED) is 0.215. The first-order chi connectivity index (χ1) is 9.42. The van der Waals surface area contributed by atoms with E-state index in [0.717, 1.165) is 12.1 Å². The first-order valence-corrected chi connectivity index (χ1v) is 5.47. The number of benzene rings is 1. The Bertz CT molecular complexity index is 598. The molecule has 2 N–H and O–H groups in total. The molecule has 0 fully saturated rings. The van der Waals surface area contributed by atoms with E-state index in [9.17, 15) is 24.4 Å². The highest BCUT2D eigenvalue weighted by atomic mass is 19.1. The molecule has 0 heterocycles. The topological polar surface area (TPSA) is 114 Å². The van der Waals surface area contributed by atoms with Gasteiger partial charge >= 0.3 is 11.7 Å². The number of aliphatic hydroxyl groups excluding tert-OH is 1. The van der Waals surface area contributed by atoms with Gasteiger partial charge in [0.1, 0.15) is 11.3 Å². The van der Waals surface area contributed by atoms with Crippen LogP contribution in [0.5, 0.6) is 0 Å². The van der Waals surface area contributed by atoms with Crippen LogP contribution < -0.4 is 0 Å². The highest BCUT2D eigenvalue weighted by Gasteiger charge is 2.19. The predicted molar refractivity (Wildman–Crippen MR) is 68.0 cm³/mol. The lowest BCUT2D eigenvalue weighted by Gasteiger charge is -2.06. The van der Waals surface area contributed by atoms with Crippen molar-refractivity contribution in [1.82, 2.24) is 0 Å². The molecule has 0 amide bonds. The molecule has 0 aliphatic rings. The van der Waals surface area contributed by atoms with E-state index in [0.29, 0.717) is 12.3 Å². The molecule has 0 aliphatic heterocycles. The van der Waals surface area contributed by atoms with Crippen LogP contribution in [0.3, 0.4) is 0 Å². The smallest absolute Gasteiger partial charge is 0.343 e. The lowest BCUT2D eigenvalue weighted by Crippen LogP contribution is -2.11. The van der Waals surface area contributed by atoms with Gasteiger partial charge in [-0.05, 0) is 19.1 Å². The number of carbonyl (C=O) groups is 1. The lowest BCUT2D eigenvalue weighted by molar-refractivity contribution is -0.387. The van der Waals surface area contributed by atoms with Gasteiger partial charge in [0.25, 0.3) is 0 Å². The fraction of sp³-hybridized carbons (Fsp3) is 0.167. The molecule has 1 aromatic carbocycles. The third kappa shape index (κ3) is 3.16. The number of esters is 1. The zero-order valence-corrected chi connectivity index (χ0v) is 10.4. The molecule has 0 aliphatic carbocycles. The van der Waals surface area contributed by atoms with Crippen molar-refractivity contribution in [2.24, 2.45) is 0 Å². The Balaban J connectivity index is 3.28. The Morgan fingerprint density at radius 3 is 2.70 bits per heavy atom. The second kappa shape index (κ2) is 6.41. The van der Waals surface area contributed by atoms with Crippen LogP contribution in [0.15, 0.2) is 23.8 Å². The van der Waals surface area contributed by atoms with Gasteiger partial charge < -0.3 is 15.3 Å². The molecule has 0 saturated carbocycles. The van der Waals surface area contributed by atoms with Gasteiger partial charge in [0.05, 0.1) is 11.5 Å². The van der Waals surface area contributed by atoms with Crippen molar-refractivity contribution in [3.63, 3.8) is 0 Å². The summed E-state index contributed by atoms with van der Waals surface area (Å²) in [4.78, 5) is 21.0. The Labute approximate surface area is 113 Å². The average Bonchev–Trinajstić information content (AvgIpc) is 2.39. The Kier molecular flexibility index (Phi) is 4.90. The molecule has 0 saturated heterocycles. The summed E-state index contributed by atoms with van der Waals surface area (Å²) in [5.41, 5.74) is -1.39. The fourth-order valence-electron chi connectivity index (χ4n) is 1.39. The molecule has 8 heteroatoms. The first-order valence-electron chi connectivity index (χ1n) is 5.47. The largest absolute Gasteiger partial charge is 0.506 e. The molecule has 1 rings (SSSR count). The van der Waals surface area contributed by atoms with Gasteiger partial charge in [-0.1, -0.05) is 0 Å². The van der Waals surface area contributed by atoms with Crippen LogP contribution in [0, 0.1) is 21.3 Å². The number of carbonyl (C=O) groups excluding carboxylic acids is 1. The van der Waals surface area contributed by atoms with E-state index in [-0.39, 0.29) is 12.2 Å². The lowest BCUT2D eigenvalue weighted by atomic mass is 10.1. The molecule has 20 heavy (non-hydrogen) atoms. The number of rotatable bonds is 5. The molecule has 0 bridgehead atoms. The molecular formula is C12H11FN2O5. The fourth-order valence-corrected chi connectivity index (χ4v) is 1.39. The summed E-state index contributed by atoms with van der Waals surface area (Å²) < 4.78 is 18.0. The van der Waals surface area contributed by atoms with Crippen molar-refractivity contribution in [3.8, 4) is 0 Å².